The van der Waals surface area contributed by atoms with Crippen molar-refractivity contribution in [2.45, 2.75) is 25.9 Å². The first-order valence-corrected chi connectivity index (χ1v) is 8.70. The normalized spacial score (nSPS) is 17.2. The summed E-state index contributed by atoms with van der Waals surface area (Å²) in [6.45, 7) is 5.95. The lowest BCUT2D eigenvalue weighted by molar-refractivity contribution is 0.131. The Hall–Kier alpha value is -1.93. The second-order valence-electron chi connectivity index (χ2n) is 5.53. The maximum atomic E-state index is 12.4. The van der Waals surface area contributed by atoms with E-state index in [2.05, 4.69) is 27.3 Å². The molecule has 0 aromatic carbocycles. The summed E-state index contributed by atoms with van der Waals surface area (Å²) in [4.78, 5) is 20.9. The number of nitrogens with zero attached hydrogens (tertiary/aromatic N) is 4. The lowest BCUT2D eigenvalue weighted by atomic mass is 10.2. The number of carbonyl (C=O) groups excluding carboxylic acids is 1. The van der Waals surface area contributed by atoms with Crippen LogP contribution in [-0.4, -0.2) is 52.2 Å². The molecule has 1 N–H and O–H groups in total. The Kier molecular flexibility index (Phi) is 5.24. The fourth-order valence-electron chi connectivity index (χ4n) is 2.64. The van der Waals surface area contributed by atoms with Crippen LogP contribution >= 0.6 is 11.3 Å². The van der Waals surface area contributed by atoms with E-state index in [1.165, 1.54) is 0 Å². The highest BCUT2D eigenvalue weighted by Gasteiger charge is 2.24. The number of thiazole rings is 1. The van der Waals surface area contributed by atoms with E-state index in [9.17, 15) is 4.79 Å². The van der Waals surface area contributed by atoms with E-state index in [0.717, 1.165) is 49.8 Å². The fourth-order valence-corrected chi connectivity index (χ4v) is 3.42. The summed E-state index contributed by atoms with van der Waals surface area (Å²) in [5.74, 6) is 0. The van der Waals surface area contributed by atoms with Crippen molar-refractivity contribution in [1.29, 1.82) is 0 Å². The summed E-state index contributed by atoms with van der Waals surface area (Å²) in [5, 5.41) is 9.92. The number of amides is 2. The third-order valence-electron chi connectivity index (χ3n) is 3.99. The zero-order chi connectivity index (χ0) is 16.1. The molecule has 0 unspecified atom stereocenters. The molecule has 3 rings (SSSR count). The first-order chi connectivity index (χ1) is 11.3. The Labute approximate surface area is 139 Å². The number of aromatic nitrogens is 2. The highest BCUT2D eigenvalue weighted by atomic mass is 32.1. The summed E-state index contributed by atoms with van der Waals surface area (Å²) >= 11 is 1.58. The van der Waals surface area contributed by atoms with Gasteiger partial charge < -0.3 is 14.7 Å². The number of carbonyl (C=O) groups is 1. The zero-order valence-corrected chi connectivity index (χ0v) is 14.0. The Morgan fingerprint density at radius 1 is 1.43 bits per heavy atom. The average Bonchev–Trinajstić information content (AvgIpc) is 3.26. The molecule has 8 heteroatoms. The number of rotatable bonds is 5. The van der Waals surface area contributed by atoms with Crippen LogP contribution in [0.5, 0.6) is 0 Å². The smallest absolute Gasteiger partial charge is 0.318 e. The van der Waals surface area contributed by atoms with Gasteiger partial charge in [0.2, 0.25) is 0 Å². The van der Waals surface area contributed by atoms with Crippen LogP contribution in [0.15, 0.2) is 28.4 Å². The van der Waals surface area contributed by atoms with Gasteiger partial charge in [0.15, 0.2) is 0 Å². The molecule has 1 atom stereocenters. The van der Waals surface area contributed by atoms with E-state index in [1.54, 1.807) is 23.8 Å². The molecular weight excluding hydrogens is 314 g/mol. The van der Waals surface area contributed by atoms with Crippen LogP contribution in [0.2, 0.25) is 0 Å². The van der Waals surface area contributed by atoms with Crippen LogP contribution < -0.4 is 5.32 Å². The second kappa shape index (κ2) is 7.56. The van der Waals surface area contributed by atoms with Gasteiger partial charge in [-0.25, -0.2) is 9.78 Å². The number of hydrogen-bond donors (Lipinski definition) is 1. The molecule has 1 saturated heterocycles. The van der Waals surface area contributed by atoms with Crippen LogP contribution in [0, 0.1) is 0 Å². The molecule has 0 spiro atoms. The maximum absolute atomic E-state index is 12.4. The second-order valence-corrected chi connectivity index (χ2v) is 6.46. The highest BCUT2D eigenvalue weighted by molar-refractivity contribution is 7.09. The van der Waals surface area contributed by atoms with Crippen molar-refractivity contribution >= 4 is 17.4 Å². The summed E-state index contributed by atoms with van der Waals surface area (Å²) in [6, 6.07) is 1.86. The maximum Gasteiger partial charge on any atom is 0.318 e. The number of hydrogen-bond acceptors (Lipinski definition) is 6. The molecule has 0 saturated carbocycles. The molecule has 3 heterocycles. The van der Waals surface area contributed by atoms with E-state index >= 15 is 0 Å². The van der Waals surface area contributed by atoms with Gasteiger partial charge in [0.1, 0.15) is 11.3 Å². The predicted molar refractivity (Wildman–Crippen MR) is 87.0 cm³/mol. The zero-order valence-electron chi connectivity index (χ0n) is 13.1. The van der Waals surface area contributed by atoms with E-state index in [1.807, 2.05) is 16.3 Å². The Morgan fingerprint density at radius 3 is 2.87 bits per heavy atom. The molecule has 0 radical (unpaired) electrons. The van der Waals surface area contributed by atoms with E-state index < -0.39 is 0 Å². The Morgan fingerprint density at radius 2 is 2.26 bits per heavy atom. The van der Waals surface area contributed by atoms with Crippen molar-refractivity contribution in [3.63, 3.8) is 0 Å². The number of urea groups is 1. The summed E-state index contributed by atoms with van der Waals surface area (Å²) in [5.41, 5.74) is 0.928. The Balaban J connectivity index is 1.48. The summed E-state index contributed by atoms with van der Waals surface area (Å²) in [7, 11) is 0. The van der Waals surface area contributed by atoms with Gasteiger partial charge in [0.25, 0.3) is 0 Å². The van der Waals surface area contributed by atoms with Crippen molar-refractivity contribution in [1.82, 2.24) is 25.3 Å². The Bertz CT molecular complexity index is 593. The highest BCUT2D eigenvalue weighted by Crippen LogP contribution is 2.19. The SMILES string of the molecule is CC[C@@H](NC(=O)N1CCN(Cc2ccon2)CC1)c1nccs1. The lowest BCUT2D eigenvalue weighted by Crippen LogP contribution is -2.51. The van der Waals surface area contributed by atoms with Gasteiger partial charge in [-0.05, 0) is 6.42 Å². The third-order valence-corrected chi connectivity index (χ3v) is 4.88. The molecule has 2 amide bonds. The van der Waals surface area contributed by atoms with Gasteiger partial charge in [-0.1, -0.05) is 12.1 Å². The molecule has 23 heavy (non-hydrogen) atoms. The predicted octanol–water partition coefficient (Wildman–Crippen LogP) is 2.11. The van der Waals surface area contributed by atoms with Crippen molar-refractivity contribution in [3.05, 3.63) is 34.6 Å². The van der Waals surface area contributed by atoms with Crippen LogP contribution in [0.3, 0.4) is 0 Å². The average molecular weight is 335 g/mol. The molecule has 7 nitrogen and oxygen atoms in total. The molecular formula is C15H21N5O2S. The molecule has 2 aromatic rings. The van der Waals surface area contributed by atoms with Gasteiger partial charge >= 0.3 is 6.03 Å². The van der Waals surface area contributed by atoms with Crippen LogP contribution in [-0.2, 0) is 6.54 Å². The molecule has 0 aliphatic carbocycles. The standard InChI is InChI=1S/C15H21N5O2S/c1-2-13(14-16-4-10-23-14)17-15(21)20-7-5-19(6-8-20)11-12-3-9-22-18-12/h3-4,9-10,13H,2,5-8,11H2,1H3,(H,17,21)/t13-/m1/s1. The topological polar surface area (TPSA) is 74.5 Å². The van der Waals surface area contributed by atoms with Gasteiger partial charge in [-0.2, -0.15) is 0 Å². The van der Waals surface area contributed by atoms with Crippen LogP contribution in [0.1, 0.15) is 30.1 Å². The summed E-state index contributed by atoms with van der Waals surface area (Å²) in [6.07, 6.45) is 4.20. The minimum atomic E-state index is -0.00636. The fraction of sp³-hybridized carbons (Fsp3) is 0.533. The van der Waals surface area contributed by atoms with Gasteiger partial charge in [-0.15, -0.1) is 11.3 Å². The number of piperazine rings is 1. The van der Waals surface area contributed by atoms with Crippen LogP contribution in [0.25, 0.3) is 0 Å². The molecule has 124 valence electrons. The molecule has 1 aliphatic heterocycles. The van der Waals surface area contributed by atoms with E-state index in [0.29, 0.717) is 0 Å². The first-order valence-electron chi connectivity index (χ1n) is 7.82. The molecule has 2 aromatic heterocycles. The quantitative estimate of drug-likeness (QED) is 0.906. The minimum Gasteiger partial charge on any atom is -0.364 e. The monoisotopic (exact) mass is 335 g/mol. The molecule has 0 bridgehead atoms. The first kappa shape index (κ1) is 15.9. The molecule has 1 aliphatic rings. The van der Waals surface area contributed by atoms with Crippen molar-refractivity contribution in [2.24, 2.45) is 0 Å². The van der Waals surface area contributed by atoms with Gasteiger partial charge in [0, 0.05) is 50.4 Å². The minimum absolute atomic E-state index is 0.00402. The summed E-state index contributed by atoms with van der Waals surface area (Å²) < 4.78 is 4.85. The molecule has 1 fully saturated rings. The number of nitrogens with one attached hydrogen (secondary N) is 1. The van der Waals surface area contributed by atoms with Crippen molar-refractivity contribution in [2.75, 3.05) is 26.2 Å². The third kappa shape index (κ3) is 4.08. The van der Waals surface area contributed by atoms with Crippen molar-refractivity contribution < 1.29 is 9.32 Å². The largest absolute Gasteiger partial charge is 0.364 e. The van der Waals surface area contributed by atoms with Crippen molar-refractivity contribution in [3.8, 4) is 0 Å². The van der Waals surface area contributed by atoms with E-state index in [-0.39, 0.29) is 12.1 Å². The van der Waals surface area contributed by atoms with Crippen LogP contribution in [0.4, 0.5) is 4.79 Å². The van der Waals surface area contributed by atoms with E-state index in [4.69, 9.17) is 4.52 Å². The van der Waals surface area contributed by atoms with Gasteiger partial charge in [0.05, 0.1) is 11.7 Å². The lowest BCUT2D eigenvalue weighted by Gasteiger charge is -2.34. The van der Waals surface area contributed by atoms with Gasteiger partial charge in [-0.3, -0.25) is 4.90 Å².